The number of anilines is 1. The van der Waals surface area contributed by atoms with Crippen molar-refractivity contribution in [2.24, 2.45) is 15.9 Å². The van der Waals surface area contributed by atoms with E-state index in [1.165, 1.54) is 6.21 Å². The molecule has 0 saturated heterocycles. The first-order valence-electron chi connectivity index (χ1n) is 9.81. The number of ether oxygens (including phenoxy) is 1. The van der Waals surface area contributed by atoms with Crippen molar-refractivity contribution in [2.75, 3.05) is 19.0 Å². The number of alkyl halides is 2. The minimum Gasteiger partial charge on any atom is -0.487 e. The van der Waals surface area contributed by atoms with Crippen LogP contribution in [0.15, 0.2) is 28.3 Å². The predicted octanol–water partition coefficient (Wildman–Crippen LogP) is 3.27. The number of rotatable bonds is 7. The molecule has 10 heteroatoms. The third-order valence-electron chi connectivity index (χ3n) is 4.91. The fourth-order valence-electron chi connectivity index (χ4n) is 3.43. The average Bonchev–Trinajstić information content (AvgIpc) is 3.05. The summed E-state index contributed by atoms with van der Waals surface area (Å²) in [6, 6.07) is 5.37. The zero-order chi connectivity index (χ0) is 21.7. The monoisotopic (exact) mass is 419 g/mol. The van der Waals surface area contributed by atoms with Crippen LogP contribution in [-0.2, 0) is 0 Å². The number of pyridine rings is 1. The summed E-state index contributed by atoms with van der Waals surface area (Å²) < 4.78 is 34.5. The zero-order valence-corrected chi connectivity index (χ0v) is 17.4. The Kier molecular flexibility index (Phi) is 6.63. The van der Waals surface area contributed by atoms with Crippen LogP contribution in [0.25, 0.3) is 5.82 Å². The molecule has 0 aliphatic heterocycles. The third-order valence-corrected chi connectivity index (χ3v) is 4.91. The Morgan fingerprint density at radius 3 is 2.67 bits per heavy atom. The molecule has 0 unspecified atom stereocenters. The second-order valence-electron chi connectivity index (χ2n) is 7.46. The first-order chi connectivity index (χ1) is 14.3. The highest BCUT2D eigenvalue weighted by molar-refractivity contribution is 6.31. The van der Waals surface area contributed by atoms with Gasteiger partial charge in [-0.25, -0.2) is 18.4 Å². The molecule has 30 heavy (non-hydrogen) atoms. The molecule has 162 valence electrons. The number of aryl methyl sites for hydroxylation is 2. The predicted molar refractivity (Wildman–Crippen MR) is 113 cm³/mol. The molecular weight excluding hydrogens is 392 g/mol. The summed E-state index contributed by atoms with van der Waals surface area (Å²) in [4.78, 5) is 8.52. The van der Waals surface area contributed by atoms with Crippen molar-refractivity contribution in [2.45, 2.75) is 51.5 Å². The molecule has 0 radical (unpaired) electrons. The Hall–Kier alpha value is -3.04. The van der Waals surface area contributed by atoms with Crippen LogP contribution < -0.4 is 15.9 Å². The smallest absolute Gasteiger partial charge is 0.248 e. The molecule has 0 bridgehead atoms. The number of hydrogen-bond acceptors (Lipinski definition) is 7. The van der Waals surface area contributed by atoms with E-state index in [0.29, 0.717) is 35.9 Å². The summed E-state index contributed by atoms with van der Waals surface area (Å²) in [5, 5.41) is 11.4. The number of nitrogens with zero attached hydrogens (tertiary/aromatic N) is 5. The SMILES string of the molecule is CN=CC(COc1cc(NC2CCC(F)(F)CC2)nc(-n2nc(C)cc2C)c1)=NN. The first kappa shape index (κ1) is 21.7. The molecule has 0 spiro atoms. The van der Waals surface area contributed by atoms with E-state index in [1.54, 1.807) is 23.9 Å². The molecular formula is C20H27F2N7O. The molecule has 1 aliphatic carbocycles. The van der Waals surface area contributed by atoms with Gasteiger partial charge in [0.2, 0.25) is 5.92 Å². The van der Waals surface area contributed by atoms with Gasteiger partial charge in [-0.15, -0.1) is 0 Å². The molecule has 1 fully saturated rings. The molecule has 3 rings (SSSR count). The van der Waals surface area contributed by atoms with Crippen molar-refractivity contribution < 1.29 is 13.5 Å². The van der Waals surface area contributed by atoms with Gasteiger partial charge in [-0.05, 0) is 32.8 Å². The summed E-state index contributed by atoms with van der Waals surface area (Å²) in [5.74, 6) is 4.42. The van der Waals surface area contributed by atoms with Crippen LogP contribution in [0.2, 0.25) is 0 Å². The lowest BCUT2D eigenvalue weighted by Crippen LogP contribution is -2.32. The fraction of sp³-hybridized carbons (Fsp3) is 0.500. The third kappa shape index (κ3) is 5.52. The van der Waals surface area contributed by atoms with Crippen molar-refractivity contribution in [1.82, 2.24) is 14.8 Å². The summed E-state index contributed by atoms with van der Waals surface area (Å²) in [6.07, 6.45) is 2.03. The van der Waals surface area contributed by atoms with Crippen LogP contribution in [-0.4, -0.2) is 52.3 Å². The molecule has 0 aromatic carbocycles. The van der Waals surface area contributed by atoms with Crippen molar-refractivity contribution in [3.05, 3.63) is 29.6 Å². The summed E-state index contributed by atoms with van der Waals surface area (Å²) in [5.41, 5.74) is 2.26. The van der Waals surface area contributed by atoms with Crippen LogP contribution >= 0.6 is 0 Å². The van der Waals surface area contributed by atoms with E-state index in [9.17, 15) is 8.78 Å². The molecule has 1 saturated carbocycles. The Balaban J connectivity index is 1.85. The van der Waals surface area contributed by atoms with E-state index in [2.05, 4.69) is 25.5 Å². The van der Waals surface area contributed by atoms with Crippen LogP contribution in [0.5, 0.6) is 5.75 Å². The van der Waals surface area contributed by atoms with Gasteiger partial charge in [-0.1, -0.05) is 0 Å². The molecule has 2 heterocycles. The highest BCUT2D eigenvalue weighted by atomic mass is 19.3. The molecule has 8 nitrogen and oxygen atoms in total. The zero-order valence-electron chi connectivity index (χ0n) is 17.4. The number of hydrazone groups is 1. The number of hydrogen-bond donors (Lipinski definition) is 2. The van der Waals surface area contributed by atoms with Crippen molar-refractivity contribution in [3.8, 4) is 11.6 Å². The van der Waals surface area contributed by atoms with Crippen molar-refractivity contribution in [3.63, 3.8) is 0 Å². The van der Waals surface area contributed by atoms with E-state index in [4.69, 9.17) is 10.6 Å². The van der Waals surface area contributed by atoms with Crippen LogP contribution in [0, 0.1) is 13.8 Å². The maximum atomic E-state index is 13.5. The Morgan fingerprint density at radius 2 is 2.07 bits per heavy atom. The summed E-state index contributed by atoms with van der Waals surface area (Å²) in [6.45, 7) is 3.96. The van der Waals surface area contributed by atoms with Gasteiger partial charge in [0.1, 0.15) is 23.9 Å². The lowest BCUT2D eigenvalue weighted by atomic mass is 9.92. The number of aliphatic imine (C=N–C) groups is 1. The standard InChI is InChI=1S/C20H27F2N7O/c1-13-8-14(2)29(28-13)19-10-17(30-12-16(27-23)11-24-3)9-18(26-19)25-15-4-6-20(21,22)7-5-15/h8-11,15H,4-7,12,23H2,1-3H3,(H,25,26). The highest BCUT2D eigenvalue weighted by Gasteiger charge is 2.35. The van der Waals surface area contributed by atoms with Gasteiger partial charge in [-0.3, -0.25) is 4.99 Å². The minimum atomic E-state index is -2.58. The number of nitrogens with two attached hydrogens (primary N) is 1. The van der Waals surface area contributed by atoms with Crippen LogP contribution in [0.4, 0.5) is 14.6 Å². The lowest BCUT2D eigenvalue weighted by molar-refractivity contribution is -0.0361. The van der Waals surface area contributed by atoms with E-state index in [0.717, 1.165) is 11.4 Å². The van der Waals surface area contributed by atoms with Gasteiger partial charge >= 0.3 is 0 Å². The molecule has 2 aromatic rings. The van der Waals surface area contributed by atoms with Gasteiger partial charge in [0.25, 0.3) is 0 Å². The van der Waals surface area contributed by atoms with E-state index < -0.39 is 5.92 Å². The Morgan fingerprint density at radius 1 is 1.33 bits per heavy atom. The van der Waals surface area contributed by atoms with Gasteiger partial charge in [0, 0.05) is 50.0 Å². The number of nitrogens with one attached hydrogen (secondary N) is 1. The van der Waals surface area contributed by atoms with Crippen LogP contribution in [0.3, 0.4) is 0 Å². The lowest BCUT2D eigenvalue weighted by Gasteiger charge is -2.29. The van der Waals surface area contributed by atoms with Gasteiger partial charge in [-0.2, -0.15) is 10.2 Å². The van der Waals surface area contributed by atoms with Gasteiger partial charge in [0.05, 0.1) is 5.69 Å². The maximum absolute atomic E-state index is 13.5. The van der Waals surface area contributed by atoms with E-state index in [-0.39, 0.29) is 25.5 Å². The fourth-order valence-corrected chi connectivity index (χ4v) is 3.43. The quantitative estimate of drug-likeness (QED) is 0.407. The Labute approximate surface area is 174 Å². The number of halogens is 2. The molecule has 3 N–H and O–H groups in total. The van der Waals surface area contributed by atoms with Crippen LogP contribution in [0.1, 0.15) is 37.1 Å². The molecule has 2 aromatic heterocycles. The second-order valence-corrected chi connectivity index (χ2v) is 7.46. The topological polar surface area (TPSA) is 103 Å². The Bertz CT molecular complexity index is 929. The molecule has 0 atom stereocenters. The highest BCUT2D eigenvalue weighted by Crippen LogP contribution is 2.34. The van der Waals surface area contributed by atoms with Gasteiger partial charge in [0.15, 0.2) is 5.82 Å². The summed E-state index contributed by atoms with van der Waals surface area (Å²) in [7, 11) is 1.62. The van der Waals surface area contributed by atoms with E-state index >= 15 is 0 Å². The summed E-state index contributed by atoms with van der Waals surface area (Å²) >= 11 is 0. The van der Waals surface area contributed by atoms with Crippen molar-refractivity contribution >= 4 is 17.7 Å². The maximum Gasteiger partial charge on any atom is 0.248 e. The minimum absolute atomic E-state index is 0.0749. The first-order valence-corrected chi connectivity index (χ1v) is 9.81. The van der Waals surface area contributed by atoms with Crippen molar-refractivity contribution in [1.29, 1.82) is 0 Å². The second kappa shape index (κ2) is 9.19. The molecule has 0 amide bonds. The normalized spacial score (nSPS) is 17.4. The largest absolute Gasteiger partial charge is 0.487 e. The number of aromatic nitrogens is 3. The molecule has 1 aliphatic rings. The van der Waals surface area contributed by atoms with Gasteiger partial charge < -0.3 is 15.9 Å². The average molecular weight is 419 g/mol. The van der Waals surface area contributed by atoms with E-state index in [1.807, 2.05) is 19.9 Å².